The van der Waals surface area contributed by atoms with Crippen molar-refractivity contribution >= 4 is 17.7 Å². The Morgan fingerprint density at radius 2 is 1.83 bits per heavy atom. The predicted molar refractivity (Wildman–Crippen MR) is 84.1 cm³/mol. The van der Waals surface area contributed by atoms with Gasteiger partial charge in [-0.25, -0.2) is 4.79 Å². The van der Waals surface area contributed by atoms with Gasteiger partial charge in [-0.15, -0.1) is 0 Å². The molecule has 0 spiro atoms. The second-order valence-electron chi connectivity index (χ2n) is 5.12. The monoisotopic (exact) mass is 337 g/mol. The number of amides is 2. The molecule has 0 saturated carbocycles. The van der Waals surface area contributed by atoms with Gasteiger partial charge in [0, 0.05) is 38.3 Å². The number of piperazine rings is 1. The maximum absolute atomic E-state index is 12.6. The van der Waals surface area contributed by atoms with Gasteiger partial charge in [0.25, 0.3) is 11.6 Å². The number of hydrogen-bond donors (Lipinski definition) is 0. The summed E-state index contributed by atoms with van der Waals surface area (Å²) in [5.41, 5.74) is -0.0411. The van der Waals surface area contributed by atoms with Crippen molar-refractivity contribution in [3.8, 4) is 5.75 Å². The topological polar surface area (TPSA) is 102 Å². The van der Waals surface area contributed by atoms with Crippen molar-refractivity contribution in [2.45, 2.75) is 6.92 Å². The van der Waals surface area contributed by atoms with Crippen molar-refractivity contribution in [1.29, 1.82) is 0 Å². The van der Waals surface area contributed by atoms with Crippen molar-refractivity contribution in [1.82, 2.24) is 9.80 Å². The van der Waals surface area contributed by atoms with E-state index in [2.05, 4.69) is 0 Å². The minimum atomic E-state index is -0.561. The van der Waals surface area contributed by atoms with Crippen LogP contribution in [0.3, 0.4) is 0 Å². The van der Waals surface area contributed by atoms with E-state index in [4.69, 9.17) is 9.47 Å². The van der Waals surface area contributed by atoms with Gasteiger partial charge in [0.05, 0.1) is 24.2 Å². The zero-order chi connectivity index (χ0) is 17.7. The van der Waals surface area contributed by atoms with E-state index >= 15 is 0 Å². The smallest absolute Gasteiger partial charge is 0.409 e. The summed E-state index contributed by atoms with van der Waals surface area (Å²) in [6.45, 7) is 3.37. The Balaban J connectivity index is 2.11. The molecule has 1 saturated heterocycles. The minimum absolute atomic E-state index is 0.135. The Hall–Kier alpha value is -2.84. The highest BCUT2D eigenvalue weighted by Crippen LogP contribution is 2.25. The third-order valence-corrected chi connectivity index (χ3v) is 3.72. The average molecular weight is 337 g/mol. The van der Waals surface area contributed by atoms with Crippen molar-refractivity contribution < 1.29 is 24.0 Å². The van der Waals surface area contributed by atoms with Crippen molar-refractivity contribution in [3.05, 3.63) is 33.9 Å². The Morgan fingerprint density at radius 1 is 1.21 bits per heavy atom. The second-order valence-corrected chi connectivity index (χ2v) is 5.12. The van der Waals surface area contributed by atoms with Crippen LogP contribution >= 0.6 is 0 Å². The van der Waals surface area contributed by atoms with Gasteiger partial charge in [-0.05, 0) is 13.0 Å². The molecule has 9 heteroatoms. The number of rotatable bonds is 4. The number of carbonyl (C=O) groups is 2. The van der Waals surface area contributed by atoms with Crippen LogP contribution in [0.5, 0.6) is 5.75 Å². The number of methoxy groups -OCH3 is 1. The minimum Gasteiger partial charge on any atom is -0.496 e. The number of non-ortho nitro benzene ring substituents is 1. The van der Waals surface area contributed by atoms with E-state index in [1.54, 1.807) is 6.92 Å². The molecule has 2 rings (SSSR count). The van der Waals surface area contributed by atoms with E-state index in [1.807, 2.05) is 0 Å². The first kappa shape index (κ1) is 17.5. The van der Waals surface area contributed by atoms with Gasteiger partial charge in [-0.3, -0.25) is 14.9 Å². The first-order chi connectivity index (χ1) is 11.5. The fourth-order valence-electron chi connectivity index (χ4n) is 2.45. The Bertz CT molecular complexity index is 640. The molecule has 1 aliphatic rings. The van der Waals surface area contributed by atoms with Gasteiger partial charge in [0.15, 0.2) is 0 Å². The zero-order valence-corrected chi connectivity index (χ0v) is 13.6. The van der Waals surface area contributed by atoms with E-state index < -0.39 is 11.0 Å². The summed E-state index contributed by atoms with van der Waals surface area (Å²) in [4.78, 5) is 37.7. The van der Waals surface area contributed by atoms with Crippen LogP contribution in [-0.2, 0) is 4.74 Å². The molecule has 2 amide bonds. The Morgan fingerprint density at radius 3 is 2.38 bits per heavy atom. The SMILES string of the molecule is CCOC(=O)N1CCN(C(=O)c2cc([N+](=O)[O-])ccc2OC)CC1. The molecule has 1 fully saturated rings. The molecule has 0 aromatic heterocycles. The maximum atomic E-state index is 12.6. The van der Waals surface area contributed by atoms with Crippen LogP contribution in [-0.4, -0.2) is 66.6 Å². The lowest BCUT2D eigenvalue weighted by Gasteiger charge is -2.34. The third kappa shape index (κ3) is 3.73. The molecule has 0 N–H and O–H groups in total. The number of ether oxygens (including phenoxy) is 2. The fourth-order valence-corrected chi connectivity index (χ4v) is 2.45. The second kappa shape index (κ2) is 7.62. The molecule has 0 bridgehead atoms. The van der Waals surface area contributed by atoms with Crippen LogP contribution in [0, 0.1) is 10.1 Å². The normalized spacial score (nSPS) is 14.2. The molecule has 24 heavy (non-hydrogen) atoms. The molecule has 130 valence electrons. The van der Waals surface area contributed by atoms with Crippen molar-refractivity contribution in [2.24, 2.45) is 0 Å². The van der Waals surface area contributed by atoms with Gasteiger partial charge in [0.1, 0.15) is 5.75 Å². The lowest BCUT2D eigenvalue weighted by Crippen LogP contribution is -2.50. The molecule has 1 heterocycles. The first-order valence-electron chi connectivity index (χ1n) is 7.51. The van der Waals surface area contributed by atoms with Gasteiger partial charge in [0.2, 0.25) is 0 Å². The largest absolute Gasteiger partial charge is 0.496 e. The van der Waals surface area contributed by atoms with Crippen LogP contribution in [0.4, 0.5) is 10.5 Å². The van der Waals surface area contributed by atoms with Gasteiger partial charge in [-0.2, -0.15) is 0 Å². The number of nitro benzene ring substituents is 1. The molecule has 0 radical (unpaired) electrons. The van der Waals surface area contributed by atoms with Crippen molar-refractivity contribution in [2.75, 3.05) is 39.9 Å². The summed E-state index contributed by atoms with van der Waals surface area (Å²) in [5, 5.41) is 10.9. The van der Waals surface area contributed by atoms with Crippen LogP contribution < -0.4 is 4.74 Å². The summed E-state index contributed by atoms with van der Waals surface area (Å²) in [7, 11) is 1.40. The number of nitrogens with zero attached hydrogens (tertiary/aromatic N) is 3. The molecule has 0 atom stereocenters. The zero-order valence-electron chi connectivity index (χ0n) is 13.6. The van der Waals surface area contributed by atoms with Crippen LogP contribution in [0.25, 0.3) is 0 Å². The lowest BCUT2D eigenvalue weighted by atomic mass is 10.1. The molecule has 0 aliphatic carbocycles. The van der Waals surface area contributed by atoms with E-state index in [-0.39, 0.29) is 22.9 Å². The van der Waals surface area contributed by atoms with Gasteiger partial charge >= 0.3 is 6.09 Å². The maximum Gasteiger partial charge on any atom is 0.409 e. The molecule has 0 unspecified atom stereocenters. The van der Waals surface area contributed by atoms with Gasteiger partial charge < -0.3 is 19.3 Å². The fraction of sp³-hybridized carbons (Fsp3) is 0.467. The lowest BCUT2D eigenvalue weighted by molar-refractivity contribution is -0.384. The van der Waals surface area contributed by atoms with Crippen LogP contribution in [0.2, 0.25) is 0 Å². The summed E-state index contributed by atoms with van der Waals surface area (Å²) in [5.74, 6) is -0.0857. The molecule has 9 nitrogen and oxygen atoms in total. The summed E-state index contributed by atoms with van der Waals surface area (Å²) >= 11 is 0. The highest BCUT2D eigenvalue weighted by atomic mass is 16.6. The highest BCUT2D eigenvalue weighted by Gasteiger charge is 2.28. The number of hydrogen-bond acceptors (Lipinski definition) is 6. The van der Waals surface area contributed by atoms with Gasteiger partial charge in [-0.1, -0.05) is 0 Å². The molecule has 1 aromatic rings. The number of nitro groups is 1. The third-order valence-electron chi connectivity index (χ3n) is 3.72. The Labute approximate surface area is 138 Å². The van der Waals surface area contributed by atoms with E-state index in [0.29, 0.717) is 32.8 Å². The van der Waals surface area contributed by atoms with Crippen LogP contribution in [0.15, 0.2) is 18.2 Å². The highest BCUT2D eigenvalue weighted by molar-refractivity contribution is 5.97. The van der Waals surface area contributed by atoms with Crippen LogP contribution in [0.1, 0.15) is 17.3 Å². The standard InChI is InChI=1S/C15H19N3O6/c1-3-24-15(20)17-8-6-16(7-9-17)14(19)12-10-11(18(21)22)4-5-13(12)23-2/h4-5,10H,3,6-9H2,1-2H3. The summed E-state index contributed by atoms with van der Waals surface area (Å²) in [6, 6.07) is 3.90. The summed E-state index contributed by atoms with van der Waals surface area (Å²) < 4.78 is 10.1. The molecular weight excluding hydrogens is 318 g/mol. The number of benzene rings is 1. The first-order valence-corrected chi connectivity index (χ1v) is 7.51. The summed E-state index contributed by atoms with van der Waals surface area (Å²) in [6.07, 6.45) is -0.405. The Kier molecular flexibility index (Phi) is 5.56. The quantitative estimate of drug-likeness (QED) is 0.610. The molecule has 1 aliphatic heterocycles. The average Bonchev–Trinajstić information content (AvgIpc) is 2.60. The van der Waals surface area contributed by atoms with E-state index in [9.17, 15) is 19.7 Å². The predicted octanol–water partition coefficient (Wildman–Crippen LogP) is 1.52. The van der Waals surface area contributed by atoms with Crippen molar-refractivity contribution in [3.63, 3.8) is 0 Å². The van der Waals surface area contributed by atoms with E-state index in [0.717, 1.165) is 0 Å². The molecular formula is C15H19N3O6. The number of carbonyl (C=O) groups excluding carboxylic acids is 2. The molecule has 1 aromatic carbocycles. The van der Waals surface area contributed by atoms with E-state index in [1.165, 1.54) is 35.1 Å².